The highest BCUT2D eigenvalue weighted by Gasteiger charge is 2.16. The van der Waals surface area contributed by atoms with Crippen molar-refractivity contribution in [1.82, 2.24) is 9.97 Å². The number of hydrogen-bond donors (Lipinski definition) is 2. The fourth-order valence-electron chi connectivity index (χ4n) is 2.33. The van der Waals surface area contributed by atoms with Gasteiger partial charge in [-0.3, -0.25) is 0 Å². The Hall–Kier alpha value is -1.40. The maximum absolute atomic E-state index is 5.52. The molecule has 1 unspecified atom stereocenters. The molecule has 20 heavy (non-hydrogen) atoms. The predicted molar refractivity (Wildman–Crippen MR) is 83.7 cm³/mol. The molecular weight excluding hydrogens is 272 g/mol. The lowest BCUT2D eigenvalue weighted by atomic mass is 10.1. The summed E-state index contributed by atoms with van der Waals surface area (Å²) in [6, 6.07) is 2.43. The fraction of sp³-hybridized carbons (Fsp3) is 0.571. The van der Waals surface area contributed by atoms with Crippen LogP contribution in [0.1, 0.15) is 26.2 Å². The quantitative estimate of drug-likeness (QED) is 0.886. The number of rotatable bonds is 5. The van der Waals surface area contributed by atoms with Crippen LogP contribution in [-0.2, 0) is 4.74 Å². The van der Waals surface area contributed by atoms with E-state index in [2.05, 4.69) is 39.0 Å². The minimum absolute atomic E-state index is 0.348. The first-order valence-electron chi connectivity index (χ1n) is 7.20. The number of fused-ring (bicyclic) bond motifs is 1. The van der Waals surface area contributed by atoms with E-state index in [1.165, 1.54) is 0 Å². The number of anilines is 2. The molecule has 1 atom stereocenters. The van der Waals surface area contributed by atoms with Gasteiger partial charge in [-0.15, -0.1) is 11.3 Å². The van der Waals surface area contributed by atoms with E-state index in [1.807, 2.05) is 0 Å². The second-order valence-corrected chi connectivity index (χ2v) is 5.91. The molecule has 1 aliphatic rings. The van der Waals surface area contributed by atoms with Gasteiger partial charge in [0.2, 0.25) is 5.95 Å². The van der Waals surface area contributed by atoms with Crippen LogP contribution < -0.4 is 10.6 Å². The Balaban J connectivity index is 1.84. The molecule has 0 amide bonds. The van der Waals surface area contributed by atoms with Crippen LogP contribution in [0.25, 0.3) is 10.2 Å². The van der Waals surface area contributed by atoms with Gasteiger partial charge in [-0.2, -0.15) is 4.98 Å². The molecule has 1 saturated heterocycles. The lowest BCUT2D eigenvalue weighted by molar-refractivity contribution is 0.0875. The van der Waals surface area contributed by atoms with Crippen LogP contribution in [-0.4, -0.2) is 35.8 Å². The minimum Gasteiger partial charge on any atom is -0.379 e. The molecule has 3 heterocycles. The molecule has 2 aromatic rings. The second-order valence-electron chi connectivity index (χ2n) is 5.02. The van der Waals surface area contributed by atoms with Crippen molar-refractivity contribution in [1.29, 1.82) is 0 Å². The maximum atomic E-state index is 5.52. The van der Waals surface area contributed by atoms with Crippen molar-refractivity contribution in [3.05, 3.63) is 11.4 Å². The summed E-state index contributed by atoms with van der Waals surface area (Å²) in [6.45, 7) is 4.66. The van der Waals surface area contributed by atoms with Crippen molar-refractivity contribution in [2.75, 3.05) is 30.4 Å². The summed E-state index contributed by atoms with van der Waals surface area (Å²) < 4.78 is 5.52. The Labute approximate surface area is 122 Å². The molecule has 6 heteroatoms. The van der Waals surface area contributed by atoms with Crippen molar-refractivity contribution in [3.63, 3.8) is 0 Å². The molecule has 2 aromatic heterocycles. The summed E-state index contributed by atoms with van der Waals surface area (Å²) in [5, 5.41) is 9.95. The molecule has 1 fully saturated rings. The third-order valence-electron chi connectivity index (χ3n) is 3.36. The average Bonchev–Trinajstić information content (AvgIpc) is 2.95. The summed E-state index contributed by atoms with van der Waals surface area (Å²) in [5.74, 6) is 1.63. The van der Waals surface area contributed by atoms with Crippen LogP contribution in [0.5, 0.6) is 0 Å². The minimum atomic E-state index is 0.348. The lowest BCUT2D eigenvalue weighted by Crippen LogP contribution is -2.30. The van der Waals surface area contributed by atoms with E-state index in [-0.39, 0.29) is 0 Å². The highest BCUT2D eigenvalue weighted by molar-refractivity contribution is 7.16. The lowest BCUT2D eigenvalue weighted by Gasteiger charge is -2.24. The van der Waals surface area contributed by atoms with E-state index < -0.39 is 0 Å². The van der Waals surface area contributed by atoms with E-state index in [4.69, 9.17) is 4.74 Å². The Morgan fingerprint density at radius 3 is 3.20 bits per heavy atom. The van der Waals surface area contributed by atoms with Gasteiger partial charge < -0.3 is 15.4 Å². The highest BCUT2D eigenvalue weighted by Crippen LogP contribution is 2.27. The van der Waals surface area contributed by atoms with Crippen molar-refractivity contribution < 1.29 is 4.74 Å². The molecule has 0 saturated carbocycles. The van der Waals surface area contributed by atoms with E-state index in [0.717, 1.165) is 55.1 Å². The first-order valence-corrected chi connectivity index (χ1v) is 8.08. The molecule has 1 aliphatic heterocycles. The molecule has 0 aromatic carbocycles. The van der Waals surface area contributed by atoms with Crippen LogP contribution in [0, 0.1) is 0 Å². The standard InChI is InChI=1S/C14H20N4OS/c1-2-6-15-14-17-12(11-5-8-20-13(11)18-14)16-10-4-3-7-19-9-10/h5,8,10H,2-4,6-7,9H2,1H3,(H2,15,16,17,18). The van der Waals surface area contributed by atoms with Gasteiger partial charge in [0.25, 0.3) is 0 Å². The molecular formula is C14H20N4OS. The zero-order valence-electron chi connectivity index (χ0n) is 11.7. The third-order valence-corrected chi connectivity index (χ3v) is 4.17. The zero-order chi connectivity index (χ0) is 13.8. The average molecular weight is 292 g/mol. The Bertz CT molecular complexity index is 565. The largest absolute Gasteiger partial charge is 0.379 e. The monoisotopic (exact) mass is 292 g/mol. The zero-order valence-corrected chi connectivity index (χ0v) is 12.5. The van der Waals surface area contributed by atoms with Crippen LogP contribution in [0.15, 0.2) is 11.4 Å². The summed E-state index contributed by atoms with van der Waals surface area (Å²) in [4.78, 5) is 10.2. The van der Waals surface area contributed by atoms with Gasteiger partial charge in [-0.1, -0.05) is 6.92 Å². The molecule has 3 rings (SSSR count). The molecule has 0 spiro atoms. The van der Waals surface area contributed by atoms with Crippen molar-refractivity contribution in [2.24, 2.45) is 0 Å². The van der Waals surface area contributed by atoms with Crippen molar-refractivity contribution in [2.45, 2.75) is 32.2 Å². The van der Waals surface area contributed by atoms with E-state index in [9.17, 15) is 0 Å². The van der Waals surface area contributed by atoms with Gasteiger partial charge in [0.15, 0.2) is 0 Å². The number of hydrogen-bond acceptors (Lipinski definition) is 6. The first kappa shape index (κ1) is 13.6. The van der Waals surface area contributed by atoms with Gasteiger partial charge in [-0.25, -0.2) is 4.98 Å². The van der Waals surface area contributed by atoms with E-state index in [1.54, 1.807) is 11.3 Å². The van der Waals surface area contributed by atoms with Crippen molar-refractivity contribution in [3.8, 4) is 0 Å². The molecule has 0 bridgehead atoms. The van der Waals surface area contributed by atoms with Gasteiger partial charge in [0.05, 0.1) is 18.0 Å². The summed E-state index contributed by atoms with van der Waals surface area (Å²) >= 11 is 1.65. The van der Waals surface area contributed by atoms with Gasteiger partial charge in [0, 0.05) is 13.2 Å². The maximum Gasteiger partial charge on any atom is 0.226 e. The number of nitrogens with one attached hydrogen (secondary N) is 2. The van der Waals surface area contributed by atoms with E-state index >= 15 is 0 Å². The Morgan fingerprint density at radius 2 is 2.40 bits per heavy atom. The number of ether oxygens (including phenoxy) is 1. The second kappa shape index (κ2) is 6.37. The van der Waals surface area contributed by atoms with Crippen LogP contribution in [0.3, 0.4) is 0 Å². The van der Waals surface area contributed by atoms with Crippen LogP contribution in [0.2, 0.25) is 0 Å². The molecule has 5 nitrogen and oxygen atoms in total. The SMILES string of the molecule is CCCNc1nc(NC2CCCOC2)c2ccsc2n1. The molecule has 108 valence electrons. The predicted octanol–water partition coefficient (Wildman–Crippen LogP) is 3.10. The van der Waals surface area contributed by atoms with Gasteiger partial charge >= 0.3 is 0 Å². The topological polar surface area (TPSA) is 59.1 Å². The summed E-state index contributed by atoms with van der Waals surface area (Å²) in [7, 11) is 0. The fourth-order valence-corrected chi connectivity index (χ4v) is 3.09. The molecule has 0 radical (unpaired) electrons. The van der Waals surface area contributed by atoms with Crippen LogP contribution in [0.4, 0.5) is 11.8 Å². The van der Waals surface area contributed by atoms with Gasteiger partial charge in [-0.05, 0) is 30.7 Å². The van der Waals surface area contributed by atoms with Crippen molar-refractivity contribution >= 4 is 33.3 Å². The molecule has 2 N–H and O–H groups in total. The number of nitrogens with zero attached hydrogens (tertiary/aromatic N) is 2. The Morgan fingerprint density at radius 1 is 1.45 bits per heavy atom. The number of aromatic nitrogens is 2. The summed E-state index contributed by atoms with van der Waals surface area (Å²) in [6.07, 6.45) is 3.30. The summed E-state index contributed by atoms with van der Waals surface area (Å²) in [5.41, 5.74) is 0. The smallest absolute Gasteiger partial charge is 0.226 e. The van der Waals surface area contributed by atoms with Crippen LogP contribution >= 0.6 is 11.3 Å². The molecule has 0 aliphatic carbocycles. The first-order chi connectivity index (χ1) is 9.86. The van der Waals surface area contributed by atoms with Gasteiger partial charge in [0.1, 0.15) is 10.6 Å². The Kier molecular flexibility index (Phi) is 4.32. The number of thiophene rings is 1. The van der Waals surface area contributed by atoms with E-state index in [0.29, 0.717) is 12.0 Å². The normalized spacial score (nSPS) is 19.1. The third kappa shape index (κ3) is 3.02. The highest BCUT2D eigenvalue weighted by atomic mass is 32.1.